The summed E-state index contributed by atoms with van der Waals surface area (Å²) in [6, 6.07) is 30.9. The minimum atomic E-state index is -4.77. The van der Waals surface area contributed by atoms with Crippen LogP contribution in [0.3, 0.4) is 0 Å². The molecule has 0 saturated heterocycles. The molecule has 4 aromatic carbocycles. The van der Waals surface area contributed by atoms with Gasteiger partial charge in [0.15, 0.2) is 0 Å². The molecule has 0 spiro atoms. The summed E-state index contributed by atoms with van der Waals surface area (Å²) in [5, 5.41) is 0. The van der Waals surface area contributed by atoms with Crippen molar-refractivity contribution in [2.75, 3.05) is 5.73 Å². The van der Waals surface area contributed by atoms with Crippen LogP contribution in [0, 0.1) is 0 Å². The highest BCUT2D eigenvalue weighted by Gasteiger charge is 2.20. The second-order valence-corrected chi connectivity index (χ2v) is 18.2. The second-order valence-electron chi connectivity index (χ2n) is 14.1. The summed E-state index contributed by atoms with van der Waals surface area (Å²) in [6.07, 6.45) is 7.16. The first kappa shape index (κ1) is 39.5. The number of hydrogen-bond acceptors (Lipinski definition) is 12. The summed E-state index contributed by atoms with van der Waals surface area (Å²) >= 11 is 0. The van der Waals surface area contributed by atoms with Crippen molar-refractivity contribution in [2.45, 2.75) is 14.7 Å². The Kier molecular flexibility index (Phi) is 9.46. The number of nitrogens with one attached hydrogen (secondary N) is 2. The molecule has 9 rings (SSSR count). The average Bonchev–Trinajstić information content (AvgIpc) is 4.06. The first-order valence-electron chi connectivity index (χ1n) is 18.2. The van der Waals surface area contributed by atoms with Gasteiger partial charge < -0.3 is 29.4 Å². The fourth-order valence-electron chi connectivity index (χ4n) is 7.43. The smallest absolute Gasteiger partial charge is 0.124 e. The van der Waals surface area contributed by atoms with Gasteiger partial charge in [-0.3, -0.25) is 0 Å². The van der Waals surface area contributed by atoms with Crippen LogP contribution >= 0.6 is 0 Å². The normalized spacial score (nSPS) is 12.8. The number of nitrogens with two attached hydrogens (primary N) is 1. The van der Waals surface area contributed by atoms with Gasteiger partial charge in [0.25, 0.3) is 0 Å². The molecule has 304 valence electrons. The molecule has 0 fully saturated rings. The molecular weight excluding hydrogens is 839 g/mol. The predicted molar refractivity (Wildman–Crippen MR) is 229 cm³/mol. The van der Waals surface area contributed by atoms with Gasteiger partial charge in [0.2, 0.25) is 0 Å². The Balaban J connectivity index is 1.44. The van der Waals surface area contributed by atoms with Gasteiger partial charge in [-0.05, 0) is 119 Å². The molecule has 0 unspecified atom stereocenters. The zero-order chi connectivity index (χ0) is 42.8. The Morgan fingerprint density at radius 2 is 0.590 bits per heavy atom. The molecule has 14 nitrogen and oxygen atoms in total. The monoisotopic (exact) mass is 866 g/mol. The highest BCUT2D eigenvalue weighted by atomic mass is 32.2. The predicted octanol–water partition coefficient (Wildman–Crippen LogP) is 7.62. The van der Waals surface area contributed by atoms with E-state index in [0.717, 1.165) is 5.56 Å². The summed E-state index contributed by atoms with van der Waals surface area (Å²) < 4.78 is 107. The van der Waals surface area contributed by atoms with Crippen molar-refractivity contribution in [3.8, 4) is 44.5 Å². The van der Waals surface area contributed by atoms with Crippen molar-refractivity contribution in [3.63, 3.8) is 0 Å². The molecular formula is C44H28N5O9S3-3. The SMILES string of the molecule is Nc1ccc(-c2c3nc(c(-c4ccc(S(=O)(=O)[O-])cc4)c4ccc([nH]4)c(-c4ccc(S(=O)(=O)[O-])cc4)c4nc(c(-c5ccc(S(=O)(=O)[O-])cc5)c5ccc2[nH]5)C=C4)C=C3)cc1. The van der Waals surface area contributed by atoms with Gasteiger partial charge in [-0.25, -0.2) is 35.2 Å². The van der Waals surface area contributed by atoms with Gasteiger partial charge in [0.1, 0.15) is 30.4 Å². The number of aromatic nitrogens is 4. The zero-order valence-electron chi connectivity index (χ0n) is 31.2. The molecule has 0 saturated carbocycles. The quantitative estimate of drug-likeness (QED) is 0.103. The van der Waals surface area contributed by atoms with E-state index in [2.05, 4.69) is 9.97 Å². The summed E-state index contributed by atoms with van der Waals surface area (Å²) in [5.74, 6) is 0. The fraction of sp³-hybridized carbons (Fsp3) is 0. The highest BCUT2D eigenvalue weighted by molar-refractivity contribution is 7.86. The number of aromatic amines is 2. The van der Waals surface area contributed by atoms with E-state index >= 15 is 0 Å². The van der Waals surface area contributed by atoms with E-state index in [1.807, 2.05) is 36.4 Å². The summed E-state index contributed by atoms with van der Waals surface area (Å²) in [5.41, 5.74) is 15.4. The number of fused-ring (bicyclic) bond motifs is 8. The average molecular weight is 867 g/mol. The van der Waals surface area contributed by atoms with E-state index in [4.69, 9.17) is 15.7 Å². The van der Waals surface area contributed by atoms with Gasteiger partial charge in [-0.15, -0.1) is 0 Å². The molecule has 3 aromatic heterocycles. The first-order chi connectivity index (χ1) is 29.0. The number of hydrogen-bond donors (Lipinski definition) is 3. The van der Waals surface area contributed by atoms with Crippen LogP contribution in [0.4, 0.5) is 5.69 Å². The van der Waals surface area contributed by atoms with Gasteiger partial charge in [-0.2, -0.15) is 0 Å². The molecule has 17 heteroatoms. The third-order valence-electron chi connectivity index (χ3n) is 10.2. The van der Waals surface area contributed by atoms with E-state index in [0.29, 0.717) is 89.5 Å². The number of rotatable bonds is 7. The standard InChI is InChI=1S/C44H31N5O9S3/c45-29-9-1-25(2-10-29)41-33-17-19-35(46-33)42(26-3-11-30(12-4-26)59(50,51)52)37-21-23-39(48-37)44(28-7-15-32(16-8-28)61(56,57)58)40-24-22-38(49-40)43(36-20-18-34(41)47-36)27-5-13-31(14-6-27)60(53,54)55/h1-24,46,49H,45H2,(H,50,51,52)(H,53,54,55)(H,56,57,58)/p-3. The van der Waals surface area contributed by atoms with E-state index in [1.54, 1.807) is 36.4 Å². The summed E-state index contributed by atoms with van der Waals surface area (Å²) in [4.78, 5) is 15.9. The van der Waals surface area contributed by atoms with E-state index in [-0.39, 0.29) is 0 Å². The number of benzene rings is 4. The van der Waals surface area contributed by atoms with Crippen LogP contribution in [-0.2, 0) is 30.4 Å². The van der Waals surface area contributed by atoms with Crippen molar-refractivity contribution < 1.29 is 38.9 Å². The Labute approximate surface area is 348 Å². The minimum absolute atomic E-state index is 0.408. The van der Waals surface area contributed by atoms with Crippen molar-refractivity contribution in [3.05, 3.63) is 144 Å². The third kappa shape index (κ3) is 7.57. The van der Waals surface area contributed by atoms with Gasteiger partial charge in [0, 0.05) is 50.0 Å². The highest BCUT2D eigenvalue weighted by Crippen LogP contribution is 2.39. The van der Waals surface area contributed by atoms with Gasteiger partial charge in [0.05, 0.1) is 37.5 Å². The molecule has 2 aliphatic rings. The molecule has 2 aliphatic heterocycles. The van der Waals surface area contributed by atoms with Crippen molar-refractivity contribution in [1.82, 2.24) is 19.9 Å². The number of anilines is 1. The van der Waals surface area contributed by atoms with Crippen molar-refractivity contribution in [1.29, 1.82) is 0 Å². The lowest BCUT2D eigenvalue weighted by atomic mass is 10.0. The van der Waals surface area contributed by atoms with E-state index in [1.165, 1.54) is 72.8 Å². The summed E-state index contributed by atoms with van der Waals surface area (Å²) in [6.45, 7) is 0. The van der Waals surface area contributed by atoms with Gasteiger partial charge in [-0.1, -0.05) is 48.5 Å². The number of H-pyrrole nitrogens is 2. The lowest BCUT2D eigenvalue weighted by Crippen LogP contribution is -1.98. The van der Waals surface area contributed by atoms with E-state index in [9.17, 15) is 38.9 Å². The maximum absolute atomic E-state index is 11.9. The third-order valence-corrected chi connectivity index (χ3v) is 12.8. The Bertz CT molecular complexity index is 3450. The van der Waals surface area contributed by atoms with Crippen LogP contribution in [0.25, 0.3) is 90.9 Å². The van der Waals surface area contributed by atoms with Gasteiger partial charge >= 0.3 is 0 Å². The van der Waals surface area contributed by atoms with Crippen LogP contribution in [0.2, 0.25) is 0 Å². The van der Waals surface area contributed by atoms with Crippen LogP contribution in [-0.4, -0.2) is 58.8 Å². The number of nitrogen functional groups attached to an aromatic ring is 1. The minimum Gasteiger partial charge on any atom is -0.744 e. The topological polar surface area (TPSA) is 255 Å². The van der Waals surface area contributed by atoms with Crippen LogP contribution in [0.15, 0.2) is 136 Å². The molecule has 0 atom stereocenters. The Hall–Kier alpha value is -6.99. The molecule has 0 aliphatic carbocycles. The molecule has 0 radical (unpaired) electrons. The van der Waals surface area contributed by atoms with E-state index < -0.39 is 45.0 Å². The molecule has 5 heterocycles. The fourth-order valence-corrected chi connectivity index (χ4v) is 8.84. The molecule has 4 N–H and O–H groups in total. The number of nitrogens with zero attached hydrogens (tertiary/aromatic N) is 2. The van der Waals surface area contributed by atoms with Crippen LogP contribution < -0.4 is 5.73 Å². The molecule has 0 amide bonds. The largest absolute Gasteiger partial charge is 0.744 e. The second kappa shape index (κ2) is 14.6. The van der Waals surface area contributed by atoms with Crippen molar-refractivity contribution in [2.24, 2.45) is 0 Å². The van der Waals surface area contributed by atoms with Crippen molar-refractivity contribution >= 4 is 82.4 Å². The molecule has 8 bridgehead atoms. The Morgan fingerprint density at radius 1 is 0.361 bits per heavy atom. The Morgan fingerprint density at radius 3 is 0.820 bits per heavy atom. The first-order valence-corrected chi connectivity index (χ1v) is 22.4. The molecule has 61 heavy (non-hydrogen) atoms. The molecule has 7 aromatic rings. The van der Waals surface area contributed by atoms with Crippen LogP contribution in [0.1, 0.15) is 22.8 Å². The zero-order valence-corrected chi connectivity index (χ0v) is 33.7. The maximum Gasteiger partial charge on any atom is 0.124 e. The maximum atomic E-state index is 11.9. The lowest BCUT2D eigenvalue weighted by molar-refractivity contribution is 0.461. The summed E-state index contributed by atoms with van der Waals surface area (Å²) in [7, 11) is -14.3. The van der Waals surface area contributed by atoms with Crippen LogP contribution in [0.5, 0.6) is 0 Å². The lowest BCUT2D eigenvalue weighted by Gasteiger charge is -2.10.